The number of aryl methyl sites for hydroxylation is 1. The Balaban J connectivity index is 2.33. The van der Waals surface area contributed by atoms with Gasteiger partial charge in [-0.25, -0.2) is 9.38 Å². The van der Waals surface area contributed by atoms with Gasteiger partial charge in [-0.2, -0.15) is 0 Å². The van der Waals surface area contributed by atoms with Crippen molar-refractivity contribution in [3.63, 3.8) is 0 Å². The fraction of sp³-hybridized carbons (Fsp3) is 0.278. The van der Waals surface area contributed by atoms with Crippen LogP contribution < -0.4 is 9.47 Å². The van der Waals surface area contributed by atoms with Gasteiger partial charge in [0.25, 0.3) is 0 Å². The van der Waals surface area contributed by atoms with Crippen molar-refractivity contribution in [1.82, 2.24) is 4.90 Å². The second-order valence-corrected chi connectivity index (χ2v) is 5.14. The van der Waals surface area contributed by atoms with Crippen molar-refractivity contribution < 1.29 is 13.9 Å². The van der Waals surface area contributed by atoms with Gasteiger partial charge in [0.2, 0.25) is 0 Å². The van der Waals surface area contributed by atoms with E-state index in [1.807, 2.05) is 25.8 Å². The quantitative estimate of drug-likeness (QED) is 0.579. The monoisotopic (exact) mass is 316 g/mol. The normalized spacial score (nSPS) is 10.8. The van der Waals surface area contributed by atoms with E-state index >= 15 is 0 Å². The lowest BCUT2D eigenvalue weighted by Crippen LogP contribution is -2.14. The number of hydrogen-bond acceptors (Lipinski definition) is 3. The Morgan fingerprint density at radius 2 is 1.91 bits per heavy atom. The van der Waals surface area contributed by atoms with Gasteiger partial charge in [-0.3, -0.25) is 0 Å². The number of para-hydroxylation sites is 1. The Bertz CT molecular complexity index is 701. The molecule has 0 heterocycles. The summed E-state index contributed by atoms with van der Waals surface area (Å²) in [4.78, 5) is 6.41. The van der Waals surface area contributed by atoms with Gasteiger partial charge < -0.3 is 14.4 Å². The van der Waals surface area contributed by atoms with Crippen LogP contribution in [0, 0.1) is 12.7 Å². The average molecular weight is 316 g/mol. The summed E-state index contributed by atoms with van der Waals surface area (Å²) in [6.45, 7) is 4.84. The number of rotatable bonds is 6. The van der Waals surface area contributed by atoms with E-state index in [2.05, 4.69) is 4.99 Å². The van der Waals surface area contributed by atoms with Crippen molar-refractivity contribution >= 4 is 12.0 Å². The van der Waals surface area contributed by atoms with Gasteiger partial charge in [0.1, 0.15) is 0 Å². The number of methoxy groups -OCH3 is 1. The van der Waals surface area contributed by atoms with Crippen LogP contribution in [0.3, 0.4) is 0 Å². The SMILES string of the molecule is CCN(C)/C=N/c1cc(OC)c(Oc2ccccc2F)cc1C. The molecule has 0 saturated heterocycles. The van der Waals surface area contributed by atoms with Crippen LogP contribution >= 0.6 is 0 Å². The van der Waals surface area contributed by atoms with Crippen LogP contribution in [0.5, 0.6) is 17.2 Å². The number of hydrogen-bond donors (Lipinski definition) is 0. The Kier molecular flexibility index (Phi) is 5.57. The third-order valence-electron chi connectivity index (χ3n) is 3.43. The van der Waals surface area contributed by atoms with E-state index in [0.717, 1.165) is 17.8 Å². The van der Waals surface area contributed by atoms with E-state index in [4.69, 9.17) is 9.47 Å². The summed E-state index contributed by atoms with van der Waals surface area (Å²) in [5, 5.41) is 0. The van der Waals surface area contributed by atoms with Gasteiger partial charge in [0, 0.05) is 19.7 Å². The van der Waals surface area contributed by atoms with Crippen molar-refractivity contribution in [1.29, 1.82) is 0 Å². The molecule has 0 saturated carbocycles. The molecule has 122 valence electrons. The van der Waals surface area contributed by atoms with Crippen LogP contribution in [0.15, 0.2) is 41.4 Å². The van der Waals surface area contributed by atoms with Crippen molar-refractivity contribution in [3.05, 3.63) is 47.8 Å². The Morgan fingerprint density at radius 1 is 1.17 bits per heavy atom. The van der Waals surface area contributed by atoms with Gasteiger partial charge in [-0.05, 0) is 37.6 Å². The molecule has 2 aromatic carbocycles. The standard InChI is InChI=1S/C18H21FN2O2/c1-5-21(3)12-20-15-11-17(22-4)18(10-13(15)2)23-16-9-7-6-8-14(16)19/h6-12H,5H2,1-4H3/b20-12+. The lowest BCUT2D eigenvalue weighted by Gasteiger charge is -2.14. The molecule has 0 atom stereocenters. The predicted molar refractivity (Wildman–Crippen MR) is 90.7 cm³/mol. The summed E-state index contributed by atoms with van der Waals surface area (Å²) in [5.74, 6) is 0.703. The van der Waals surface area contributed by atoms with Crippen LogP contribution in [-0.2, 0) is 0 Å². The molecule has 0 aliphatic heterocycles. The molecule has 23 heavy (non-hydrogen) atoms. The molecule has 0 radical (unpaired) electrons. The number of ether oxygens (including phenoxy) is 2. The molecule has 5 heteroatoms. The molecule has 0 amide bonds. The van der Waals surface area contributed by atoms with E-state index in [-0.39, 0.29) is 5.75 Å². The molecule has 0 aliphatic carbocycles. The summed E-state index contributed by atoms with van der Waals surface area (Å²) >= 11 is 0. The molecular formula is C18H21FN2O2. The van der Waals surface area contributed by atoms with Crippen LogP contribution in [0.1, 0.15) is 12.5 Å². The van der Waals surface area contributed by atoms with Gasteiger partial charge >= 0.3 is 0 Å². The van der Waals surface area contributed by atoms with E-state index < -0.39 is 5.82 Å². The highest BCUT2D eigenvalue weighted by molar-refractivity contribution is 5.66. The molecule has 0 unspecified atom stereocenters. The summed E-state index contributed by atoms with van der Waals surface area (Å²) < 4.78 is 24.7. The maximum atomic E-state index is 13.7. The number of halogens is 1. The molecule has 0 spiro atoms. The van der Waals surface area contributed by atoms with Gasteiger partial charge in [0.15, 0.2) is 23.1 Å². The zero-order valence-corrected chi connectivity index (χ0v) is 13.8. The van der Waals surface area contributed by atoms with Crippen molar-refractivity contribution in [2.45, 2.75) is 13.8 Å². The van der Waals surface area contributed by atoms with E-state index in [9.17, 15) is 4.39 Å². The summed E-state index contributed by atoms with van der Waals surface area (Å²) in [6, 6.07) is 9.85. The summed E-state index contributed by atoms with van der Waals surface area (Å²) in [6.07, 6.45) is 1.76. The largest absolute Gasteiger partial charge is 0.493 e. The van der Waals surface area contributed by atoms with Crippen LogP contribution in [0.4, 0.5) is 10.1 Å². The Hall–Kier alpha value is -2.56. The van der Waals surface area contributed by atoms with Crippen molar-refractivity contribution in [3.8, 4) is 17.2 Å². The average Bonchev–Trinajstić information content (AvgIpc) is 2.55. The third kappa shape index (κ3) is 4.22. The molecule has 2 aromatic rings. The minimum absolute atomic E-state index is 0.159. The highest BCUT2D eigenvalue weighted by Gasteiger charge is 2.12. The molecular weight excluding hydrogens is 295 g/mol. The van der Waals surface area contributed by atoms with Crippen molar-refractivity contribution in [2.24, 2.45) is 4.99 Å². The highest BCUT2D eigenvalue weighted by Crippen LogP contribution is 2.37. The van der Waals surface area contributed by atoms with Crippen LogP contribution in [-0.4, -0.2) is 31.9 Å². The zero-order valence-electron chi connectivity index (χ0n) is 13.8. The minimum Gasteiger partial charge on any atom is -0.493 e. The van der Waals surface area contributed by atoms with Crippen LogP contribution in [0.2, 0.25) is 0 Å². The predicted octanol–water partition coefficient (Wildman–Crippen LogP) is 4.55. The molecule has 2 rings (SSSR count). The minimum atomic E-state index is -0.418. The van der Waals surface area contributed by atoms with Gasteiger partial charge in [-0.15, -0.1) is 0 Å². The first-order chi connectivity index (χ1) is 11.0. The van der Waals surface area contributed by atoms with E-state index in [0.29, 0.717) is 11.5 Å². The molecule has 0 aromatic heterocycles. The van der Waals surface area contributed by atoms with Gasteiger partial charge in [0.05, 0.1) is 19.1 Å². The lowest BCUT2D eigenvalue weighted by atomic mass is 10.2. The lowest BCUT2D eigenvalue weighted by molar-refractivity contribution is 0.371. The topological polar surface area (TPSA) is 34.1 Å². The Labute approximate surface area is 136 Å². The number of nitrogens with zero attached hydrogens (tertiary/aromatic N) is 2. The maximum absolute atomic E-state index is 13.7. The van der Waals surface area contributed by atoms with Crippen molar-refractivity contribution in [2.75, 3.05) is 20.7 Å². The summed E-state index contributed by atoms with van der Waals surface area (Å²) in [5.41, 5.74) is 1.70. The Morgan fingerprint density at radius 3 is 2.57 bits per heavy atom. The molecule has 0 bridgehead atoms. The maximum Gasteiger partial charge on any atom is 0.169 e. The van der Waals surface area contributed by atoms with Gasteiger partial charge in [-0.1, -0.05) is 12.1 Å². The molecule has 0 aliphatic rings. The molecule has 0 fully saturated rings. The first-order valence-corrected chi connectivity index (χ1v) is 7.40. The third-order valence-corrected chi connectivity index (χ3v) is 3.43. The first-order valence-electron chi connectivity index (χ1n) is 7.40. The highest BCUT2D eigenvalue weighted by atomic mass is 19.1. The first kappa shape index (κ1) is 16.8. The fourth-order valence-corrected chi connectivity index (χ4v) is 1.92. The smallest absolute Gasteiger partial charge is 0.169 e. The fourth-order valence-electron chi connectivity index (χ4n) is 1.92. The summed E-state index contributed by atoms with van der Waals surface area (Å²) in [7, 11) is 3.50. The molecule has 4 nitrogen and oxygen atoms in total. The van der Waals surface area contributed by atoms with E-state index in [1.54, 1.807) is 43.8 Å². The van der Waals surface area contributed by atoms with Crippen LogP contribution in [0.25, 0.3) is 0 Å². The second kappa shape index (κ2) is 7.63. The van der Waals surface area contributed by atoms with E-state index in [1.165, 1.54) is 6.07 Å². The molecule has 0 N–H and O–H groups in total. The zero-order chi connectivity index (χ0) is 16.8. The number of benzene rings is 2. The second-order valence-electron chi connectivity index (χ2n) is 5.14. The number of aliphatic imine (C=N–C) groups is 1.